The maximum atomic E-state index is 13.0. The first kappa shape index (κ1) is 11.1. The van der Waals surface area contributed by atoms with E-state index in [1.54, 1.807) is 6.07 Å². The van der Waals surface area contributed by atoms with Gasteiger partial charge in [0.25, 0.3) is 5.69 Å². The zero-order valence-corrected chi connectivity index (χ0v) is 9.15. The van der Waals surface area contributed by atoms with Crippen LogP contribution in [0.15, 0.2) is 18.2 Å². The van der Waals surface area contributed by atoms with Gasteiger partial charge in [-0.2, -0.15) is 0 Å². The van der Waals surface area contributed by atoms with Crippen LogP contribution in [0.2, 0.25) is 5.02 Å². The highest BCUT2D eigenvalue weighted by atomic mass is 35.5. The van der Waals surface area contributed by atoms with Crippen LogP contribution in [0.4, 0.5) is 15.8 Å². The lowest BCUT2D eigenvalue weighted by Crippen LogP contribution is -2.19. The normalized spacial score (nSPS) is 20.1. The van der Waals surface area contributed by atoms with E-state index < -0.39 is 11.1 Å². The number of hydrogen-bond acceptors (Lipinski definition) is 3. The molecule has 0 aromatic heterocycles. The van der Waals surface area contributed by atoms with E-state index >= 15 is 0 Å². The number of benzene rings is 1. The summed E-state index contributed by atoms with van der Waals surface area (Å²) < 4.78 is 13.0. The minimum Gasteiger partial charge on any atom is -0.368 e. The predicted octanol–water partition coefficient (Wildman–Crippen LogP) is 2.80. The number of alkyl halides is 1. The number of hydrogen-bond donors (Lipinski definition) is 0. The number of halogens is 2. The van der Waals surface area contributed by atoms with Crippen LogP contribution in [0.5, 0.6) is 0 Å². The van der Waals surface area contributed by atoms with Gasteiger partial charge in [0.15, 0.2) is 0 Å². The maximum absolute atomic E-state index is 13.0. The molecule has 0 radical (unpaired) electrons. The van der Waals surface area contributed by atoms with E-state index in [2.05, 4.69) is 0 Å². The molecular formula is C10H10ClFN2O2. The largest absolute Gasteiger partial charge is 0.368 e. The highest BCUT2D eigenvalue weighted by molar-refractivity contribution is 6.32. The molecule has 0 aliphatic carbocycles. The van der Waals surface area contributed by atoms with Crippen molar-refractivity contribution in [3.63, 3.8) is 0 Å². The van der Waals surface area contributed by atoms with Crippen molar-refractivity contribution in [1.82, 2.24) is 0 Å². The Hall–Kier alpha value is -1.36. The van der Waals surface area contributed by atoms with Crippen LogP contribution in [0.25, 0.3) is 0 Å². The molecule has 16 heavy (non-hydrogen) atoms. The van der Waals surface area contributed by atoms with Gasteiger partial charge in [-0.25, -0.2) is 4.39 Å². The molecule has 0 bridgehead atoms. The van der Waals surface area contributed by atoms with E-state index in [1.807, 2.05) is 4.90 Å². The van der Waals surface area contributed by atoms with E-state index in [1.165, 1.54) is 12.1 Å². The van der Waals surface area contributed by atoms with E-state index in [-0.39, 0.29) is 10.7 Å². The van der Waals surface area contributed by atoms with Crippen LogP contribution >= 0.6 is 11.6 Å². The molecule has 1 aromatic rings. The Labute approximate surface area is 96.8 Å². The minimum atomic E-state index is -0.825. The monoisotopic (exact) mass is 244 g/mol. The number of nitro benzene ring substituents is 1. The van der Waals surface area contributed by atoms with Gasteiger partial charge in [0.05, 0.1) is 4.92 Å². The molecule has 0 spiro atoms. The van der Waals surface area contributed by atoms with Crippen LogP contribution in [0.3, 0.4) is 0 Å². The molecular weight excluding hydrogens is 235 g/mol. The van der Waals surface area contributed by atoms with Gasteiger partial charge in [0.1, 0.15) is 11.2 Å². The molecule has 0 N–H and O–H groups in total. The molecule has 0 saturated carbocycles. The molecule has 4 nitrogen and oxygen atoms in total. The van der Waals surface area contributed by atoms with Gasteiger partial charge in [-0.1, -0.05) is 11.6 Å². The lowest BCUT2D eigenvalue weighted by atomic mass is 10.2. The summed E-state index contributed by atoms with van der Waals surface area (Å²) in [6.45, 7) is 0.948. The molecule has 1 aliphatic rings. The molecule has 86 valence electrons. The van der Waals surface area contributed by atoms with E-state index in [0.717, 1.165) is 5.69 Å². The summed E-state index contributed by atoms with van der Waals surface area (Å²) in [6, 6.07) is 4.46. The summed E-state index contributed by atoms with van der Waals surface area (Å²) >= 11 is 5.78. The third kappa shape index (κ3) is 2.09. The topological polar surface area (TPSA) is 46.4 Å². The van der Waals surface area contributed by atoms with Crippen molar-refractivity contribution < 1.29 is 9.31 Å². The molecule has 1 aliphatic heterocycles. The van der Waals surface area contributed by atoms with E-state index in [4.69, 9.17) is 11.6 Å². The van der Waals surface area contributed by atoms with Crippen LogP contribution in [-0.2, 0) is 0 Å². The fraction of sp³-hybridized carbons (Fsp3) is 0.400. The Kier molecular flexibility index (Phi) is 2.96. The highest BCUT2D eigenvalue weighted by Crippen LogP contribution is 2.30. The van der Waals surface area contributed by atoms with Gasteiger partial charge in [0, 0.05) is 24.8 Å². The second-order valence-corrected chi connectivity index (χ2v) is 4.13. The average Bonchev–Trinajstić information content (AvgIpc) is 2.64. The number of nitro groups is 1. The fourth-order valence-corrected chi connectivity index (χ4v) is 2.04. The van der Waals surface area contributed by atoms with Gasteiger partial charge in [-0.05, 0) is 18.6 Å². The van der Waals surface area contributed by atoms with Crippen LogP contribution in [-0.4, -0.2) is 24.2 Å². The molecule has 0 unspecified atom stereocenters. The van der Waals surface area contributed by atoms with Gasteiger partial charge in [0.2, 0.25) is 0 Å². The number of rotatable bonds is 2. The zero-order valence-electron chi connectivity index (χ0n) is 8.40. The smallest absolute Gasteiger partial charge is 0.288 e. The molecule has 2 rings (SSSR count). The second-order valence-electron chi connectivity index (χ2n) is 3.72. The quantitative estimate of drug-likeness (QED) is 0.594. The summed E-state index contributed by atoms with van der Waals surface area (Å²) in [7, 11) is 0. The lowest BCUT2D eigenvalue weighted by Gasteiger charge is -2.17. The van der Waals surface area contributed by atoms with Crippen molar-refractivity contribution in [2.45, 2.75) is 12.6 Å². The minimum absolute atomic E-state index is 0.0878. The first-order chi connectivity index (χ1) is 7.58. The summed E-state index contributed by atoms with van der Waals surface area (Å²) in [6.07, 6.45) is -0.330. The van der Waals surface area contributed by atoms with Crippen molar-refractivity contribution in [2.75, 3.05) is 18.0 Å². The number of nitrogens with zero attached hydrogens (tertiary/aromatic N) is 2. The predicted molar refractivity (Wildman–Crippen MR) is 59.8 cm³/mol. The number of anilines is 1. The standard InChI is InChI=1S/C10H10ClFN2O2/c11-9-5-8(1-2-10(9)14(15)16)13-4-3-7(12)6-13/h1-2,5,7H,3-4,6H2/t7-/m0/s1. The fourth-order valence-electron chi connectivity index (χ4n) is 1.79. The van der Waals surface area contributed by atoms with Crippen molar-refractivity contribution in [3.05, 3.63) is 33.3 Å². The Morgan fingerprint density at radius 1 is 1.56 bits per heavy atom. The van der Waals surface area contributed by atoms with Gasteiger partial charge in [-0.3, -0.25) is 10.1 Å². The van der Waals surface area contributed by atoms with E-state index in [0.29, 0.717) is 19.5 Å². The molecule has 1 heterocycles. The van der Waals surface area contributed by atoms with Crippen LogP contribution in [0.1, 0.15) is 6.42 Å². The third-order valence-electron chi connectivity index (χ3n) is 2.62. The molecule has 0 amide bonds. The van der Waals surface area contributed by atoms with Crippen molar-refractivity contribution in [3.8, 4) is 0 Å². The highest BCUT2D eigenvalue weighted by Gasteiger charge is 2.23. The second kappa shape index (κ2) is 4.25. The summed E-state index contributed by atoms with van der Waals surface area (Å²) in [5, 5.41) is 10.6. The Morgan fingerprint density at radius 3 is 2.81 bits per heavy atom. The molecule has 1 atom stereocenters. The van der Waals surface area contributed by atoms with Crippen molar-refractivity contribution in [1.29, 1.82) is 0 Å². The molecule has 1 fully saturated rings. The summed E-state index contributed by atoms with van der Waals surface area (Å²) in [5.74, 6) is 0. The molecule has 6 heteroatoms. The molecule has 1 saturated heterocycles. The Bertz CT molecular complexity index is 427. The average molecular weight is 245 g/mol. The van der Waals surface area contributed by atoms with Gasteiger partial charge in [-0.15, -0.1) is 0 Å². The lowest BCUT2D eigenvalue weighted by molar-refractivity contribution is -0.384. The van der Waals surface area contributed by atoms with Gasteiger partial charge >= 0.3 is 0 Å². The first-order valence-corrected chi connectivity index (χ1v) is 5.28. The van der Waals surface area contributed by atoms with Crippen LogP contribution in [0, 0.1) is 10.1 Å². The van der Waals surface area contributed by atoms with Crippen molar-refractivity contribution in [2.24, 2.45) is 0 Å². The zero-order chi connectivity index (χ0) is 11.7. The van der Waals surface area contributed by atoms with E-state index in [9.17, 15) is 14.5 Å². The first-order valence-electron chi connectivity index (χ1n) is 4.91. The summed E-state index contributed by atoms with van der Waals surface area (Å²) in [4.78, 5) is 11.9. The Morgan fingerprint density at radius 2 is 2.31 bits per heavy atom. The summed E-state index contributed by atoms with van der Waals surface area (Å²) in [5.41, 5.74) is 0.608. The maximum Gasteiger partial charge on any atom is 0.288 e. The van der Waals surface area contributed by atoms with Crippen molar-refractivity contribution >= 4 is 23.0 Å². The van der Waals surface area contributed by atoms with Crippen LogP contribution < -0.4 is 4.90 Å². The SMILES string of the molecule is O=[N+]([O-])c1ccc(N2CC[C@H](F)C2)cc1Cl. The van der Waals surface area contributed by atoms with Gasteiger partial charge < -0.3 is 4.90 Å². The Balaban J connectivity index is 2.24. The third-order valence-corrected chi connectivity index (χ3v) is 2.93. The molecule has 1 aromatic carbocycles.